The highest BCUT2D eigenvalue weighted by molar-refractivity contribution is 7.52. The van der Waals surface area contributed by atoms with Crippen molar-refractivity contribution < 1.29 is 33.0 Å². The average Bonchev–Trinajstić information content (AvgIpc) is 3.08. The molecule has 1 aromatic heterocycles. The van der Waals surface area contributed by atoms with Crippen LogP contribution in [0.15, 0.2) is 47.4 Å². The molecule has 14 heteroatoms. The molecule has 6 atom stereocenters. The van der Waals surface area contributed by atoms with Gasteiger partial charge in [-0.25, -0.2) is 9.36 Å². The molecule has 0 bridgehead atoms. The van der Waals surface area contributed by atoms with E-state index in [9.17, 15) is 24.5 Å². The highest BCUT2D eigenvalue weighted by atomic mass is 31.2. The number of hydrogen-bond acceptors (Lipinski definition) is 11. The van der Waals surface area contributed by atoms with Gasteiger partial charge in [0, 0.05) is 6.20 Å². The molecule has 3 rings (SSSR count). The highest BCUT2D eigenvalue weighted by Gasteiger charge is 2.55. The Hall–Kier alpha value is -3.27. The summed E-state index contributed by atoms with van der Waals surface area (Å²) in [6.07, 6.45) is -3.01. The van der Waals surface area contributed by atoms with Crippen LogP contribution in [0.2, 0.25) is 0 Å². The molecule has 0 unspecified atom stereocenters. The van der Waals surface area contributed by atoms with Gasteiger partial charge in [0.15, 0.2) is 6.23 Å². The van der Waals surface area contributed by atoms with Crippen molar-refractivity contribution in [2.24, 2.45) is 5.41 Å². The van der Waals surface area contributed by atoms with Gasteiger partial charge in [0.1, 0.15) is 35.2 Å². The molecule has 1 aromatic carbocycles. The van der Waals surface area contributed by atoms with E-state index < -0.39 is 62.0 Å². The summed E-state index contributed by atoms with van der Waals surface area (Å²) in [7, 11) is -4.25. The second kappa shape index (κ2) is 11.4. The van der Waals surface area contributed by atoms with Crippen LogP contribution in [0.1, 0.15) is 33.9 Å². The number of aliphatic hydroxyl groups is 1. The fourth-order valence-corrected chi connectivity index (χ4v) is 5.13. The van der Waals surface area contributed by atoms with Crippen LogP contribution in [-0.2, 0) is 23.4 Å². The van der Waals surface area contributed by atoms with Gasteiger partial charge in [-0.05, 0) is 45.9 Å². The van der Waals surface area contributed by atoms with Gasteiger partial charge >= 0.3 is 19.4 Å². The Balaban J connectivity index is 1.83. The average molecular weight is 535 g/mol. The van der Waals surface area contributed by atoms with E-state index in [0.717, 1.165) is 4.57 Å². The summed E-state index contributed by atoms with van der Waals surface area (Å²) in [6.45, 7) is 5.66. The lowest BCUT2D eigenvalue weighted by Crippen LogP contribution is -2.40. The molecule has 1 aliphatic rings. The Labute approximate surface area is 213 Å². The van der Waals surface area contributed by atoms with Gasteiger partial charge in [-0.1, -0.05) is 18.2 Å². The molecule has 0 aliphatic carbocycles. The number of aromatic nitrogens is 2. The van der Waals surface area contributed by atoms with Crippen molar-refractivity contribution in [1.29, 1.82) is 5.26 Å². The number of carbonyl (C=O) groups excluding carboxylic acids is 1. The summed E-state index contributed by atoms with van der Waals surface area (Å²) in [5, 5.41) is 23.3. The van der Waals surface area contributed by atoms with Crippen LogP contribution in [0.5, 0.6) is 5.75 Å². The zero-order valence-corrected chi connectivity index (χ0v) is 21.7. The monoisotopic (exact) mass is 535 g/mol. The predicted molar refractivity (Wildman–Crippen MR) is 131 cm³/mol. The van der Waals surface area contributed by atoms with Crippen LogP contribution in [-0.4, -0.2) is 51.6 Å². The molecule has 0 spiro atoms. The maximum absolute atomic E-state index is 13.7. The lowest BCUT2D eigenvalue weighted by molar-refractivity contribution is -0.149. The fourth-order valence-electron chi connectivity index (χ4n) is 3.63. The number of anilines is 1. The van der Waals surface area contributed by atoms with Gasteiger partial charge in [-0.15, -0.1) is 0 Å². The number of aliphatic hydroxyl groups excluding tert-OH is 1. The van der Waals surface area contributed by atoms with Gasteiger partial charge in [-0.3, -0.25) is 13.9 Å². The lowest BCUT2D eigenvalue weighted by atomic mass is 9.84. The van der Waals surface area contributed by atoms with E-state index in [-0.39, 0.29) is 11.6 Å². The van der Waals surface area contributed by atoms with Crippen molar-refractivity contribution in [2.75, 3.05) is 12.3 Å². The van der Waals surface area contributed by atoms with Crippen molar-refractivity contribution in [2.45, 2.75) is 58.3 Å². The topological polar surface area (TPSA) is 188 Å². The molecule has 1 saturated heterocycles. The summed E-state index contributed by atoms with van der Waals surface area (Å²) in [6, 6.07) is 10.4. The third-order valence-electron chi connectivity index (χ3n) is 5.56. The third kappa shape index (κ3) is 6.54. The van der Waals surface area contributed by atoms with Crippen molar-refractivity contribution >= 4 is 19.5 Å². The second-order valence-electron chi connectivity index (χ2n) is 8.94. The normalized spacial score (nSPS) is 25.7. The SMILES string of the molecule is CC(C)OC(=O)[C@@H](C)N[P@@](=O)(OC[C@H]1O[C@@H](n2ccc(N)nc2=O)[C@](C)(C#N)[C@@H]1O)Oc1ccccc1. The smallest absolute Gasteiger partial charge is 0.459 e. The van der Waals surface area contributed by atoms with Crippen LogP contribution >= 0.6 is 7.75 Å². The Morgan fingerprint density at radius 1 is 1.35 bits per heavy atom. The highest BCUT2D eigenvalue weighted by Crippen LogP contribution is 2.48. The molecule has 0 saturated carbocycles. The van der Waals surface area contributed by atoms with Crippen LogP contribution in [0.3, 0.4) is 0 Å². The molecular formula is C23H30N5O8P. The number of nitrogens with zero attached hydrogens (tertiary/aromatic N) is 3. The standard InChI is InChI=1S/C23H30N5O8P/c1-14(2)34-20(30)15(3)27-37(32,36-16-8-6-5-7-9-16)33-12-17-19(29)23(4,13-24)21(35-17)28-11-10-18(25)26-22(28)31/h5-11,14-15,17,19,21,29H,12H2,1-4H3,(H,27,32)(H2,25,26,31)/t15-,17-,19-,21-,23-,37-/m1/s1. The first kappa shape index (κ1) is 28.3. The largest absolute Gasteiger partial charge is 0.462 e. The number of nitriles is 1. The second-order valence-corrected chi connectivity index (χ2v) is 10.6. The molecule has 1 aliphatic heterocycles. The lowest BCUT2D eigenvalue weighted by Gasteiger charge is -2.26. The predicted octanol–water partition coefficient (Wildman–Crippen LogP) is 1.75. The molecular weight excluding hydrogens is 505 g/mol. The fraction of sp³-hybridized carbons (Fsp3) is 0.478. The number of esters is 1. The Morgan fingerprint density at radius 2 is 2.03 bits per heavy atom. The van der Waals surface area contributed by atoms with Crippen LogP contribution in [0.25, 0.3) is 0 Å². The van der Waals surface area contributed by atoms with Gasteiger partial charge in [0.2, 0.25) is 0 Å². The molecule has 37 heavy (non-hydrogen) atoms. The summed E-state index contributed by atoms with van der Waals surface area (Å²) >= 11 is 0. The number of ether oxygens (including phenoxy) is 2. The molecule has 1 fully saturated rings. The van der Waals surface area contributed by atoms with Crippen molar-refractivity contribution in [3.63, 3.8) is 0 Å². The van der Waals surface area contributed by atoms with E-state index in [0.29, 0.717) is 0 Å². The molecule has 2 aromatic rings. The quantitative estimate of drug-likeness (QED) is 0.296. The number of carbonyl (C=O) groups is 1. The van der Waals surface area contributed by atoms with Gasteiger partial charge in [0.25, 0.3) is 0 Å². The first-order valence-electron chi connectivity index (χ1n) is 11.5. The number of benzene rings is 1. The molecule has 4 N–H and O–H groups in total. The van der Waals surface area contributed by atoms with Gasteiger partial charge < -0.3 is 24.8 Å². The minimum atomic E-state index is -4.25. The number of para-hydroxylation sites is 1. The Kier molecular flexibility index (Phi) is 8.73. The summed E-state index contributed by atoms with van der Waals surface area (Å²) in [4.78, 5) is 28.3. The third-order valence-corrected chi connectivity index (χ3v) is 7.21. The van der Waals surface area contributed by atoms with E-state index >= 15 is 0 Å². The first-order chi connectivity index (χ1) is 17.4. The molecule has 13 nitrogen and oxygen atoms in total. The van der Waals surface area contributed by atoms with Crippen molar-refractivity contribution in [1.82, 2.24) is 14.6 Å². The zero-order valence-electron chi connectivity index (χ0n) is 20.8. The van der Waals surface area contributed by atoms with E-state index in [1.807, 2.05) is 6.07 Å². The minimum Gasteiger partial charge on any atom is -0.462 e. The molecule has 0 amide bonds. The van der Waals surface area contributed by atoms with Crippen LogP contribution in [0, 0.1) is 16.7 Å². The van der Waals surface area contributed by atoms with E-state index in [1.54, 1.807) is 44.2 Å². The Morgan fingerprint density at radius 3 is 2.62 bits per heavy atom. The van der Waals surface area contributed by atoms with Gasteiger partial charge in [-0.2, -0.15) is 15.3 Å². The van der Waals surface area contributed by atoms with E-state index in [1.165, 1.54) is 26.1 Å². The maximum atomic E-state index is 13.7. The minimum absolute atomic E-state index is 0.0199. The molecule has 200 valence electrons. The Bertz CT molecular complexity index is 1250. The summed E-state index contributed by atoms with van der Waals surface area (Å²) in [5.41, 5.74) is 3.17. The van der Waals surface area contributed by atoms with Crippen molar-refractivity contribution in [3.05, 3.63) is 53.1 Å². The number of hydrogen-bond donors (Lipinski definition) is 3. The van der Waals surface area contributed by atoms with Crippen LogP contribution < -0.4 is 21.0 Å². The van der Waals surface area contributed by atoms with E-state index in [2.05, 4.69) is 10.1 Å². The van der Waals surface area contributed by atoms with E-state index in [4.69, 9.17) is 24.3 Å². The number of nitrogens with one attached hydrogen (secondary N) is 1. The number of nitrogens with two attached hydrogens (primary N) is 1. The number of rotatable bonds is 10. The zero-order chi connectivity index (χ0) is 27.4. The summed E-state index contributed by atoms with van der Waals surface area (Å²) in [5.74, 6) is -0.511. The van der Waals surface area contributed by atoms with Crippen molar-refractivity contribution in [3.8, 4) is 11.8 Å². The molecule has 0 radical (unpaired) electrons. The maximum Gasteiger partial charge on any atom is 0.459 e. The van der Waals surface area contributed by atoms with Gasteiger partial charge in [0.05, 0.1) is 18.8 Å². The first-order valence-corrected chi connectivity index (χ1v) is 13.0. The molecule has 2 heterocycles. The van der Waals surface area contributed by atoms with Crippen LogP contribution in [0.4, 0.5) is 5.82 Å². The summed E-state index contributed by atoms with van der Waals surface area (Å²) < 4.78 is 36.8. The number of nitrogen functional groups attached to an aromatic ring is 1.